The van der Waals surface area contributed by atoms with E-state index in [0.717, 1.165) is 57.4 Å². The molecule has 0 atom stereocenters. The first-order valence-electron chi connectivity index (χ1n) is 10.5. The lowest BCUT2D eigenvalue weighted by molar-refractivity contribution is -0.137. The molecule has 0 bridgehead atoms. The Morgan fingerprint density at radius 2 is 1.43 bits per heavy atom. The minimum atomic E-state index is -1.14. The average molecular weight is 417 g/mol. The van der Waals surface area contributed by atoms with Gasteiger partial charge in [-0.25, -0.2) is 4.79 Å². The summed E-state index contributed by atoms with van der Waals surface area (Å²) in [7, 11) is 0. The molecule has 0 saturated heterocycles. The second kappa shape index (κ2) is 15.0. The van der Waals surface area contributed by atoms with Crippen molar-refractivity contribution in [3.8, 4) is 0 Å². The summed E-state index contributed by atoms with van der Waals surface area (Å²) in [6, 6.07) is 8.49. The molecule has 6 nitrogen and oxygen atoms in total. The monoisotopic (exact) mass is 416 g/mol. The summed E-state index contributed by atoms with van der Waals surface area (Å²) in [5.41, 5.74) is 2.86. The molecule has 1 aromatic carbocycles. The lowest BCUT2D eigenvalue weighted by atomic mass is 10.0. The zero-order valence-corrected chi connectivity index (χ0v) is 17.4. The Labute approximate surface area is 177 Å². The van der Waals surface area contributed by atoms with Crippen LogP contribution in [-0.2, 0) is 27.2 Å². The third-order valence-electron chi connectivity index (χ3n) is 4.68. The van der Waals surface area contributed by atoms with Crippen molar-refractivity contribution in [3.63, 3.8) is 0 Å². The smallest absolute Gasteiger partial charge is 0.328 e. The van der Waals surface area contributed by atoms with Crippen molar-refractivity contribution < 1.29 is 29.7 Å². The summed E-state index contributed by atoms with van der Waals surface area (Å²) in [4.78, 5) is 32.0. The number of unbranched alkanes of at least 4 members (excludes halogenated alkanes) is 5. The Morgan fingerprint density at radius 3 is 2.03 bits per heavy atom. The van der Waals surface area contributed by atoms with Gasteiger partial charge in [-0.1, -0.05) is 49.3 Å². The van der Waals surface area contributed by atoms with E-state index in [1.807, 2.05) is 6.08 Å². The predicted octanol–water partition coefficient (Wildman–Crippen LogP) is 5.02. The minimum Gasteiger partial charge on any atom is -0.481 e. The van der Waals surface area contributed by atoms with Crippen LogP contribution in [0.4, 0.5) is 0 Å². The topological polar surface area (TPSA) is 112 Å². The highest BCUT2D eigenvalue weighted by atomic mass is 16.4. The van der Waals surface area contributed by atoms with Crippen molar-refractivity contribution >= 4 is 17.9 Å². The standard InChI is InChI=1S/C24H32O6/c25-22(26)15-8-7-11-20-14-9-13-19(16-20)10-5-3-1-2-4-6-12-21(17-23(27)28)18-24(29)30/h6,9,12-14,16-17H,1-5,7-8,10-11,15,18H2,(H,25,26)(H,27,28)(H,29,30)/b12-6+,21-17+. The number of carbonyl (C=O) groups is 3. The number of hydrogen-bond acceptors (Lipinski definition) is 3. The number of aliphatic carboxylic acids is 3. The molecular formula is C24H32O6. The van der Waals surface area contributed by atoms with Gasteiger partial charge in [0.1, 0.15) is 0 Å². The quantitative estimate of drug-likeness (QED) is 0.198. The maximum Gasteiger partial charge on any atom is 0.328 e. The van der Waals surface area contributed by atoms with Crippen molar-refractivity contribution in [2.45, 2.75) is 70.6 Å². The second-order valence-corrected chi connectivity index (χ2v) is 7.40. The SMILES string of the molecule is O=C(O)/C=C(\C=C\CCCCCCc1cccc(CCCCC(=O)O)c1)CC(=O)O. The van der Waals surface area contributed by atoms with Gasteiger partial charge in [-0.15, -0.1) is 0 Å². The lowest BCUT2D eigenvalue weighted by Crippen LogP contribution is -1.98. The van der Waals surface area contributed by atoms with E-state index >= 15 is 0 Å². The van der Waals surface area contributed by atoms with Gasteiger partial charge in [0, 0.05) is 12.5 Å². The maximum atomic E-state index is 10.7. The molecule has 0 unspecified atom stereocenters. The number of rotatable bonds is 16. The highest BCUT2D eigenvalue weighted by Crippen LogP contribution is 2.14. The molecule has 0 aliphatic heterocycles. The first-order valence-corrected chi connectivity index (χ1v) is 10.5. The van der Waals surface area contributed by atoms with Crippen LogP contribution in [0.3, 0.4) is 0 Å². The van der Waals surface area contributed by atoms with Gasteiger partial charge < -0.3 is 15.3 Å². The van der Waals surface area contributed by atoms with E-state index in [-0.39, 0.29) is 18.4 Å². The van der Waals surface area contributed by atoms with E-state index < -0.39 is 17.9 Å². The molecule has 30 heavy (non-hydrogen) atoms. The molecule has 6 heteroatoms. The molecule has 0 aromatic heterocycles. The molecule has 0 saturated carbocycles. The third-order valence-corrected chi connectivity index (χ3v) is 4.68. The minimum absolute atomic E-state index is 0.228. The Hall–Kier alpha value is -2.89. The summed E-state index contributed by atoms with van der Waals surface area (Å²) in [5, 5.41) is 26.2. The molecule has 0 spiro atoms. The molecule has 164 valence electrons. The van der Waals surface area contributed by atoms with Crippen LogP contribution in [0.25, 0.3) is 0 Å². The summed E-state index contributed by atoms with van der Waals surface area (Å²) in [6.45, 7) is 0. The zero-order valence-electron chi connectivity index (χ0n) is 17.4. The van der Waals surface area contributed by atoms with Crippen LogP contribution < -0.4 is 0 Å². The van der Waals surface area contributed by atoms with Crippen LogP contribution >= 0.6 is 0 Å². The van der Waals surface area contributed by atoms with Gasteiger partial charge in [0.15, 0.2) is 0 Å². The fraction of sp³-hybridized carbons (Fsp3) is 0.458. The van der Waals surface area contributed by atoms with Gasteiger partial charge in [0.25, 0.3) is 0 Å². The van der Waals surface area contributed by atoms with E-state index in [4.69, 9.17) is 15.3 Å². The number of allylic oxidation sites excluding steroid dienone is 2. The van der Waals surface area contributed by atoms with E-state index in [0.29, 0.717) is 6.42 Å². The molecule has 0 heterocycles. The molecule has 0 radical (unpaired) electrons. The number of carboxylic acid groups (broad SMARTS) is 3. The number of hydrogen-bond donors (Lipinski definition) is 3. The van der Waals surface area contributed by atoms with Crippen molar-refractivity contribution in [3.05, 3.63) is 59.2 Å². The van der Waals surface area contributed by atoms with Crippen molar-refractivity contribution in [2.24, 2.45) is 0 Å². The summed E-state index contributed by atoms with van der Waals surface area (Å²) in [6.07, 6.45) is 12.9. The highest BCUT2D eigenvalue weighted by molar-refractivity contribution is 5.83. The van der Waals surface area contributed by atoms with Gasteiger partial charge in [-0.3, -0.25) is 9.59 Å². The van der Waals surface area contributed by atoms with Crippen molar-refractivity contribution in [1.29, 1.82) is 0 Å². The lowest BCUT2D eigenvalue weighted by Gasteiger charge is -2.05. The van der Waals surface area contributed by atoms with Gasteiger partial charge >= 0.3 is 17.9 Å². The van der Waals surface area contributed by atoms with Gasteiger partial charge in [-0.05, 0) is 61.6 Å². The maximum absolute atomic E-state index is 10.7. The average Bonchev–Trinajstić information content (AvgIpc) is 2.66. The Bertz CT molecular complexity index is 748. The van der Waals surface area contributed by atoms with Crippen molar-refractivity contribution in [2.75, 3.05) is 0 Å². The molecule has 1 rings (SSSR count). The molecule has 3 N–H and O–H groups in total. The number of carboxylic acids is 3. The molecule has 0 aliphatic carbocycles. The van der Waals surface area contributed by atoms with E-state index in [1.54, 1.807) is 6.08 Å². The van der Waals surface area contributed by atoms with Crippen LogP contribution in [0.1, 0.15) is 68.9 Å². The van der Waals surface area contributed by atoms with Crippen LogP contribution in [0.2, 0.25) is 0 Å². The summed E-state index contributed by atoms with van der Waals surface area (Å²) < 4.78 is 0. The van der Waals surface area contributed by atoms with E-state index in [1.165, 1.54) is 11.1 Å². The molecular weight excluding hydrogens is 384 g/mol. The predicted molar refractivity (Wildman–Crippen MR) is 116 cm³/mol. The first kappa shape index (κ1) is 25.1. The van der Waals surface area contributed by atoms with Crippen LogP contribution in [0, 0.1) is 0 Å². The number of aryl methyl sites for hydroxylation is 2. The van der Waals surface area contributed by atoms with Gasteiger partial charge in [0.2, 0.25) is 0 Å². The van der Waals surface area contributed by atoms with E-state index in [9.17, 15) is 14.4 Å². The Balaban J connectivity index is 2.23. The molecule has 0 fully saturated rings. The Morgan fingerprint density at radius 1 is 0.800 bits per heavy atom. The fourth-order valence-electron chi connectivity index (χ4n) is 3.22. The Kier molecular flexibility index (Phi) is 12.6. The van der Waals surface area contributed by atoms with Crippen LogP contribution in [0.15, 0.2) is 48.1 Å². The normalized spacial score (nSPS) is 11.7. The zero-order chi connectivity index (χ0) is 22.2. The summed E-state index contributed by atoms with van der Waals surface area (Å²) >= 11 is 0. The molecule has 0 aliphatic rings. The number of benzene rings is 1. The van der Waals surface area contributed by atoms with Crippen LogP contribution in [0.5, 0.6) is 0 Å². The fourth-order valence-corrected chi connectivity index (χ4v) is 3.22. The second-order valence-electron chi connectivity index (χ2n) is 7.40. The van der Waals surface area contributed by atoms with Crippen LogP contribution in [-0.4, -0.2) is 33.2 Å². The van der Waals surface area contributed by atoms with Gasteiger partial charge in [0.05, 0.1) is 6.42 Å². The highest BCUT2D eigenvalue weighted by Gasteiger charge is 2.03. The van der Waals surface area contributed by atoms with Crippen molar-refractivity contribution in [1.82, 2.24) is 0 Å². The first-order chi connectivity index (χ1) is 14.4. The summed E-state index contributed by atoms with van der Waals surface area (Å²) in [5.74, 6) is -2.92. The van der Waals surface area contributed by atoms with E-state index in [2.05, 4.69) is 24.3 Å². The third kappa shape index (κ3) is 13.3. The largest absolute Gasteiger partial charge is 0.481 e. The molecule has 0 amide bonds. The molecule has 1 aromatic rings. The van der Waals surface area contributed by atoms with Gasteiger partial charge in [-0.2, -0.15) is 0 Å².